The lowest BCUT2D eigenvalue weighted by Gasteiger charge is -2.34. The zero-order valence-corrected chi connectivity index (χ0v) is 20.0. The molecule has 0 bridgehead atoms. The minimum atomic E-state index is -0.313. The highest BCUT2D eigenvalue weighted by Gasteiger charge is 2.43. The molecule has 1 aliphatic rings. The van der Waals surface area contributed by atoms with E-state index < -0.39 is 0 Å². The Hall–Kier alpha value is -3.60. The molecule has 0 fully saturated rings. The standard InChI is InChI=1S/C29H32N2O3/c1-5-7-8-13-23-25(11-6-2)31(19-20-15-17-21(34-4)18-16-20)29(33)27-26(28(23)32)22-12-9-10-14-24(22)30(27)3/h5-6,9-10,12,14-18,23,25H,1-2,7-8,11,13,19H2,3-4H3. The number of para-hydroxylation sites is 1. The summed E-state index contributed by atoms with van der Waals surface area (Å²) in [5.74, 6) is 0.387. The van der Waals surface area contributed by atoms with Crippen LogP contribution in [0, 0.1) is 5.92 Å². The summed E-state index contributed by atoms with van der Waals surface area (Å²) in [6.07, 6.45) is 6.63. The highest BCUT2D eigenvalue weighted by molar-refractivity contribution is 6.18. The molecule has 1 aliphatic heterocycles. The lowest BCUT2D eigenvalue weighted by Crippen LogP contribution is -2.44. The zero-order chi connectivity index (χ0) is 24.2. The molecule has 1 aromatic heterocycles. The molecule has 2 heterocycles. The van der Waals surface area contributed by atoms with E-state index in [2.05, 4.69) is 13.2 Å². The fourth-order valence-corrected chi connectivity index (χ4v) is 5.14. The average molecular weight is 457 g/mol. The average Bonchev–Trinajstić information content (AvgIpc) is 3.12. The minimum absolute atomic E-state index is 0.0493. The summed E-state index contributed by atoms with van der Waals surface area (Å²) in [4.78, 5) is 30.1. The number of benzene rings is 2. The minimum Gasteiger partial charge on any atom is -0.497 e. The number of methoxy groups -OCH3 is 1. The van der Waals surface area contributed by atoms with Crippen LogP contribution in [0.4, 0.5) is 0 Å². The van der Waals surface area contributed by atoms with Gasteiger partial charge in [0.2, 0.25) is 0 Å². The van der Waals surface area contributed by atoms with E-state index in [0.29, 0.717) is 30.6 Å². The molecule has 5 nitrogen and oxygen atoms in total. The third kappa shape index (κ3) is 4.18. The normalized spacial score (nSPS) is 18.0. The van der Waals surface area contributed by atoms with Crippen LogP contribution in [0.1, 0.15) is 52.1 Å². The van der Waals surface area contributed by atoms with E-state index in [0.717, 1.165) is 35.1 Å². The number of ketones is 1. The number of ether oxygens (including phenoxy) is 1. The first-order valence-electron chi connectivity index (χ1n) is 11.8. The van der Waals surface area contributed by atoms with Gasteiger partial charge in [-0.25, -0.2) is 0 Å². The Kier molecular flexibility index (Phi) is 7.01. The van der Waals surface area contributed by atoms with E-state index in [-0.39, 0.29) is 23.7 Å². The van der Waals surface area contributed by atoms with Crippen LogP contribution in [0.3, 0.4) is 0 Å². The van der Waals surface area contributed by atoms with Crippen LogP contribution in [0.25, 0.3) is 10.9 Å². The molecule has 0 saturated heterocycles. The molecule has 0 aliphatic carbocycles. The van der Waals surface area contributed by atoms with E-state index >= 15 is 0 Å². The van der Waals surface area contributed by atoms with Gasteiger partial charge < -0.3 is 14.2 Å². The molecule has 4 rings (SSSR count). The third-order valence-electron chi connectivity index (χ3n) is 6.86. The van der Waals surface area contributed by atoms with Gasteiger partial charge >= 0.3 is 0 Å². The van der Waals surface area contributed by atoms with Gasteiger partial charge in [-0.3, -0.25) is 9.59 Å². The number of rotatable bonds is 9. The maximum atomic E-state index is 14.1. The summed E-state index contributed by atoms with van der Waals surface area (Å²) >= 11 is 0. The Balaban J connectivity index is 1.87. The predicted octanol–water partition coefficient (Wildman–Crippen LogP) is 5.94. The number of hydrogen-bond acceptors (Lipinski definition) is 3. The van der Waals surface area contributed by atoms with Crippen LogP contribution in [0.2, 0.25) is 0 Å². The smallest absolute Gasteiger partial charge is 0.271 e. The highest BCUT2D eigenvalue weighted by Crippen LogP contribution is 2.37. The molecule has 2 unspecified atom stereocenters. The van der Waals surface area contributed by atoms with Gasteiger partial charge in [0.25, 0.3) is 5.91 Å². The quantitative estimate of drug-likeness (QED) is 0.296. The molecular weight excluding hydrogens is 424 g/mol. The monoisotopic (exact) mass is 456 g/mol. The first kappa shape index (κ1) is 23.6. The topological polar surface area (TPSA) is 51.5 Å². The number of hydrogen-bond donors (Lipinski definition) is 0. The Bertz CT molecular complexity index is 1220. The van der Waals surface area contributed by atoms with Crippen molar-refractivity contribution in [3.05, 3.63) is 90.7 Å². The maximum absolute atomic E-state index is 14.1. The van der Waals surface area contributed by atoms with Gasteiger partial charge in [0.05, 0.1) is 12.7 Å². The van der Waals surface area contributed by atoms with Crippen molar-refractivity contribution >= 4 is 22.6 Å². The highest BCUT2D eigenvalue weighted by atomic mass is 16.5. The SMILES string of the molecule is C=CCCCC1C(=O)c2c(n(C)c3ccccc23)C(=O)N(Cc2ccc(OC)cc2)C1CC=C. The number of Topliss-reactive ketones (excluding diaryl/α,β-unsaturated/α-hetero) is 1. The number of nitrogens with zero attached hydrogens (tertiary/aromatic N) is 2. The van der Waals surface area contributed by atoms with Crippen LogP contribution in [0.15, 0.2) is 73.8 Å². The fourth-order valence-electron chi connectivity index (χ4n) is 5.14. The van der Waals surface area contributed by atoms with Gasteiger partial charge in [-0.15, -0.1) is 13.2 Å². The summed E-state index contributed by atoms with van der Waals surface area (Å²) in [6, 6.07) is 15.2. The molecule has 0 N–H and O–H groups in total. The van der Waals surface area contributed by atoms with Gasteiger partial charge in [-0.05, 0) is 49.4 Å². The number of allylic oxidation sites excluding steroid dienone is 1. The fraction of sp³-hybridized carbons (Fsp3) is 0.310. The number of carbonyl (C=O) groups is 2. The van der Waals surface area contributed by atoms with Crippen molar-refractivity contribution in [1.29, 1.82) is 0 Å². The Morgan fingerprint density at radius 2 is 1.76 bits per heavy atom. The van der Waals surface area contributed by atoms with Gasteiger partial charge in [-0.2, -0.15) is 0 Å². The third-order valence-corrected chi connectivity index (χ3v) is 6.86. The van der Waals surface area contributed by atoms with Crippen molar-refractivity contribution in [2.24, 2.45) is 13.0 Å². The molecule has 0 spiro atoms. The molecule has 0 saturated carbocycles. The van der Waals surface area contributed by atoms with Gasteiger partial charge in [0.15, 0.2) is 5.78 Å². The van der Waals surface area contributed by atoms with Gasteiger partial charge in [0.1, 0.15) is 11.4 Å². The first-order valence-corrected chi connectivity index (χ1v) is 11.8. The molecule has 0 radical (unpaired) electrons. The second kappa shape index (κ2) is 10.1. The number of unbranched alkanes of at least 4 members (excludes halogenated alkanes) is 1. The summed E-state index contributed by atoms with van der Waals surface area (Å²) in [5, 5.41) is 0.843. The lowest BCUT2D eigenvalue weighted by molar-refractivity contribution is 0.0566. The largest absolute Gasteiger partial charge is 0.497 e. The predicted molar refractivity (Wildman–Crippen MR) is 136 cm³/mol. The van der Waals surface area contributed by atoms with Crippen molar-refractivity contribution in [2.45, 2.75) is 38.3 Å². The van der Waals surface area contributed by atoms with Crippen LogP contribution in [-0.4, -0.2) is 34.3 Å². The second-order valence-corrected chi connectivity index (χ2v) is 8.86. The number of aryl methyl sites for hydroxylation is 1. The Labute approximate surface area is 201 Å². The molecular formula is C29H32N2O3. The molecule has 1 amide bonds. The summed E-state index contributed by atoms with van der Waals surface area (Å²) in [7, 11) is 3.51. The molecule has 2 atom stereocenters. The van der Waals surface area contributed by atoms with Crippen LogP contribution >= 0.6 is 0 Å². The second-order valence-electron chi connectivity index (χ2n) is 8.86. The van der Waals surface area contributed by atoms with Crippen molar-refractivity contribution in [1.82, 2.24) is 9.47 Å². The Morgan fingerprint density at radius 3 is 2.44 bits per heavy atom. The number of aromatic nitrogens is 1. The van der Waals surface area contributed by atoms with Crippen LogP contribution < -0.4 is 4.74 Å². The first-order chi connectivity index (χ1) is 16.5. The van der Waals surface area contributed by atoms with E-state index in [1.807, 2.05) is 77.2 Å². The van der Waals surface area contributed by atoms with Gasteiger partial charge in [0, 0.05) is 36.5 Å². The Morgan fingerprint density at radius 1 is 1.03 bits per heavy atom. The van der Waals surface area contributed by atoms with Crippen LogP contribution in [-0.2, 0) is 13.6 Å². The van der Waals surface area contributed by atoms with E-state index in [1.165, 1.54) is 0 Å². The van der Waals surface area contributed by atoms with Crippen molar-refractivity contribution in [3.63, 3.8) is 0 Å². The molecule has 3 aromatic rings. The van der Waals surface area contributed by atoms with Crippen LogP contribution in [0.5, 0.6) is 5.75 Å². The number of amides is 1. The van der Waals surface area contributed by atoms with Gasteiger partial charge in [-0.1, -0.05) is 42.5 Å². The zero-order valence-electron chi connectivity index (χ0n) is 20.0. The molecule has 176 valence electrons. The summed E-state index contributed by atoms with van der Waals surface area (Å²) in [6.45, 7) is 8.19. The maximum Gasteiger partial charge on any atom is 0.271 e. The van der Waals surface area contributed by atoms with E-state index in [9.17, 15) is 9.59 Å². The number of fused-ring (bicyclic) bond motifs is 3. The van der Waals surface area contributed by atoms with Crippen molar-refractivity contribution in [2.75, 3.05) is 7.11 Å². The van der Waals surface area contributed by atoms with E-state index in [4.69, 9.17) is 4.74 Å². The molecule has 34 heavy (non-hydrogen) atoms. The molecule has 5 heteroatoms. The van der Waals surface area contributed by atoms with Crippen molar-refractivity contribution in [3.8, 4) is 5.75 Å². The number of carbonyl (C=O) groups excluding carboxylic acids is 2. The van der Waals surface area contributed by atoms with E-state index in [1.54, 1.807) is 7.11 Å². The summed E-state index contributed by atoms with van der Waals surface area (Å²) < 4.78 is 7.17. The summed E-state index contributed by atoms with van der Waals surface area (Å²) in [5.41, 5.74) is 2.91. The van der Waals surface area contributed by atoms with Crippen molar-refractivity contribution < 1.29 is 14.3 Å². The molecule has 2 aromatic carbocycles. The lowest BCUT2D eigenvalue weighted by atomic mass is 9.84.